The smallest absolute Gasteiger partial charge is 0.164 e. The molecule has 1 fully saturated rings. The van der Waals surface area contributed by atoms with Crippen LogP contribution in [-0.2, 0) is 0 Å². The van der Waals surface area contributed by atoms with Crippen molar-refractivity contribution in [3.05, 3.63) is 35.4 Å². The molecule has 0 aromatic heterocycles. The van der Waals surface area contributed by atoms with E-state index in [1.54, 1.807) is 24.3 Å². The van der Waals surface area contributed by atoms with Gasteiger partial charge in [0, 0.05) is 18.0 Å². The number of nitrogens with one attached hydrogen (secondary N) is 1. The van der Waals surface area contributed by atoms with Crippen LogP contribution in [0.25, 0.3) is 0 Å². The van der Waals surface area contributed by atoms with Crippen molar-refractivity contribution in [3.63, 3.8) is 0 Å². The zero-order valence-electron chi connectivity index (χ0n) is 10.5. The van der Waals surface area contributed by atoms with E-state index in [1.165, 1.54) is 19.3 Å². The van der Waals surface area contributed by atoms with E-state index in [0.717, 1.165) is 13.0 Å². The second-order valence-corrected chi connectivity index (χ2v) is 4.82. The number of ketones is 1. The van der Waals surface area contributed by atoms with E-state index in [1.807, 2.05) is 0 Å². The van der Waals surface area contributed by atoms with Crippen molar-refractivity contribution in [3.8, 4) is 6.07 Å². The molecule has 1 aromatic carbocycles. The van der Waals surface area contributed by atoms with Gasteiger partial charge < -0.3 is 5.32 Å². The van der Waals surface area contributed by atoms with Gasteiger partial charge in [-0.15, -0.1) is 0 Å². The highest BCUT2D eigenvalue weighted by Gasteiger charge is 2.16. The van der Waals surface area contributed by atoms with E-state index in [9.17, 15) is 4.79 Å². The molecular weight excluding hydrogens is 224 g/mol. The van der Waals surface area contributed by atoms with E-state index in [4.69, 9.17) is 5.26 Å². The molecule has 1 atom stereocenters. The molecule has 1 unspecified atom stereocenters. The number of carbonyl (C=O) groups is 1. The number of nitriles is 1. The zero-order chi connectivity index (χ0) is 12.8. The molecule has 0 saturated carbocycles. The Morgan fingerprint density at radius 1 is 1.28 bits per heavy atom. The molecule has 0 radical (unpaired) electrons. The lowest BCUT2D eigenvalue weighted by Crippen LogP contribution is -2.30. The molecule has 0 amide bonds. The number of carbonyl (C=O) groups excluding carboxylic acids is 1. The van der Waals surface area contributed by atoms with Gasteiger partial charge in [0.1, 0.15) is 0 Å². The normalized spacial score (nSPS) is 19.8. The minimum Gasteiger partial charge on any atom is -0.314 e. The monoisotopic (exact) mass is 242 g/mol. The van der Waals surface area contributed by atoms with Crippen LogP contribution in [-0.4, -0.2) is 18.4 Å². The van der Waals surface area contributed by atoms with Gasteiger partial charge in [-0.25, -0.2) is 0 Å². The second kappa shape index (κ2) is 6.32. The molecule has 94 valence electrons. The summed E-state index contributed by atoms with van der Waals surface area (Å²) in [6.45, 7) is 1.02. The summed E-state index contributed by atoms with van der Waals surface area (Å²) in [5.41, 5.74) is 1.30. The van der Waals surface area contributed by atoms with Gasteiger partial charge >= 0.3 is 0 Å². The summed E-state index contributed by atoms with van der Waals surface area (Å²) >= 11 is 0. The Bertz CT molecular complexity index is 437. The van der Waals surface area contributed by atoms with E-state index in [2.05, 4.69) is 11.4 Å². The molecule has 0 aliphatic carbocycles. The summed E-state index contributed by atoms with van der Waals surface area (Å²) in [4.78, 5) is 12.1. The maximum atomic E-state index is 12.1. The Morgan fingerprint density at radius 3 is 2.78 bits per heavy atom. The molecule has 1 heterocycles. The van der Waals surface area contributed by atoms with Crippen molar-refractivity contribution < 1.29 is 4.79 Å². The summed E-state index contributed by atoms with van der Waals surface area (Å²) in [5.74, 6) is 0.166. The predicted molar refractivity (Wildman–Crippen MR) is 70.4 cm³/mol. The SMILES string of the molecule is N#Cc1ccc(C(=O)CC2CCCCCN2)cc1. The molecule has 1 aliphatic heterocycles. The molecule has 1 aromatic rings. The molecule has 0 bridgehead atoms. The Balaban J connectivity index is 1.95. The first kappa shape index (κ1) is 12.8. The van der Waals surface area contributed by atoms with Crippen molar-refractivity contribution in [2.24, 2.45) is 0 Å². The van der Waals surface area contributed by atoms with Gasteiger partial charge in [-0.2, -0.15) is 5.26 Å². The van der Waals surface area contributed by atoms with Crippen LogP contribution in [0.2, 0.25) is 0 Å². The Morgan fingerprint density at radius 2 is 2.06 bits per heavy atom. The van der Waals surface area contributed by atoms with E-state index < -0.39 is 0 Å². The number of hydrogen-bond acceptors (Lipinski definition) is 3. The van der Waals surface area contributed by atoms with Crippen molar-refractivity contribution in [2.45, 2.75) is 38.1 Å². The van der Waals surface area contributed by atoms with E-state index in [0.29, 0.717) is 23.6 Å². The molecule has 3 nitrogen and oxygen atoms in total. The Labute approximate surface area is 108 Å². The molecule has 1 N–H and O–H groups in total. The highest BCUT2D eigenvalue weighted by Crippen LogP contribution is 2.14. The molecular formula is C15H18N2O. The lowest BCUT2D eigenvalue weighted by Gasteiger charge is -2.14. The van der Waals surface area contributed by atoms with Crippen molar-refractivity contribution in [2.75, 3.05) is 6.54 Å². The lowest BCUT2D eigenvalue weighted by molar-refractivity contribution is 0.0968. The standard InChI is InChI=1S/C15H18N2O/c16-11-12-5-7-13(8-6-12)15(18)10-14-4-2-1-3-9-17-14/h5-8,14,17H,1-4,9-10H2. The Kier molecular flexibility index (Phi) is 4.49. The summed E-state index contributed by atoms with van der Waals surface area (Å²) < 4.78 is 0. The molecule has 3 heteroatoms. The third-order valence-corrected chi connectivity index (χ3v) is 3.43. The predicted octanol–water partition coefficient (Wildman–Crippen LogP) is 2.66. The van der Waals surface area contributed by atoms with Crippen molar-refractivity contribution in [1.82, 2.24) is 5.32 Å². The van der Waals surface area contributed by atoms with Gasteiger partial charge in [-0.05, 0) is 31.5 Å². The molecule has 1 saturated heterocycles. The van der Waals surface area contributed by atoms with Gasteiger partial charge in [0.2, 0.25) is 0 Å². The van der Waals surface area contributed by atoms with E-state index in [-0.39, 0.29) is 5.78 Å². The maximum absolute atomic E-state index is 12.1. The van der Waals surface area contributed by atoms with Crippen LogP contribution in [0.15, 0.2) is 24.3 Å². The fraction of sp³-hybridized carbons (Fsp3) is 0.467. The van der Waals surface area contributed by atoms with Crippen LogP contribution in [0.4, 0.5) is 0 Å². The molecule has 0 spiro atoms. The average molecular weight is 242 g/mol. The van der Waals surface area contributed by atoms with Crippen molar-refractivity contribution >= 4 is 5.78 Å². The first-order chi connectivity index (χ1) is 8.79. The van der Waals surface area contributed by atoms with Crippen LogP contribution in [0.1, 0.15) is 48.0 Å². The molecule has 18 heavy (non-hydrogen) atoms. The van der Waals surface area contributed by atoms with Crippen LogP contribution < -0.4 is 5.32 Å². The summed E-state index contributed by atoms with van der Waals surface area (Å²) in [6, 6.07) is 9.27. The van der Waals surface area contributed by atoms with Gasteiger partial charge in [0.15, 0.2) is 5.78 Å². The third kappa shape index (κ3) is 3.41. The zero-order valence-corrected chi connectivity index (χ0v) is 10.5. The minimum absolute atomic E-state index is 0.166. The van der Waals surface area contributed by atoms with Crippen LogP contribution in [0, 0.1) is 11.3 Å². The second-order valence-electron chi connectivity index (χ2n) is 4.82. The third-order valence-electron chi connectivity index (χ3n) is 3.43. The van der Waals surface area contributed by atoms with E-state index >= 15 is 0 Å². The van der Waals surface area contributed by atoms with Gasteiger partial charge in [-0.1, -0.05) is 25.0 Å². The molecule has 1 aliphatic rings. The first-order valence-electron chi connectivity index (χ1n) is 6.56. The van der Waals surface area contributed by atoms with Crippen LogP contribution in [0.3, 0.4) is 0 Å². The van der Waals surface area contributed by atoms with Gasteiger partial charge in [-0.3, -0.25) is 4.79 Å². The highest BCUT2D eigenvalue weighted by molar-refractivity contribution is 5.96. The maximum Gasteiger partial charge on any atom is 0.164 e. The summed E-state index contributed by atoms with van der Waals surface area (Å²) in [5, 5.41) is 12.1. The van der Waals surface area contributed by atoms with Crippen LogP contribution >= 0.6 is 0 Å². The van der Waals surface area contributed by atoms with Gasteiger partial charge in [0.25, 0.3) is 0 Å². The van der Waals surface area contributed by atoms with Crippen molar-refractivity contribution in [1.29, 1.82) is 5.26 Å². The largest absolute Gasteiger partial charge is 0.314 e. The first-order valence-corrected chi connectivity index (χ1v) is 6.56. The number of rotatable bonds is 3. The topological polar surface area (TPSA) is 52.9 Å². The quantitative estimate of drug-likeness (QED) is 0.829. The molecule has 2 rings (SSSR count). The van der Waals surface area contributed by atoms with Crippen LogP contribution in [0.5, 0.6) is 0 Å². The fourth-order valence-corrected chi connectivity index (χ4v) is 2.35. The number of nitrogens with zero attached hydrogens (tertiary/aromatic N) is 1. The minimum atomic E-state index is 0.166. The number of hydrogen-bond donors (Lipinski definition) is 1. The highest BCUT2D eigenvalue weighted by atomic mass is 16.1. The summed E-state index contributed by atoms with van der Waals surface area (Å²) in [6.07, 6.45) is 5.32. The average Bonchev–Trinajstić information content (AvgIpc) is 2.67. The lowest BCUT2D eigenvalue weighted by atomic mass is 10.00. The summed E-state index contributed by atoms with van der Waals surface area (Å²) in [7, 11) is 0. The number of benzene rings is 1. The number of Topliss-reactive ketones (excluding diaryl/α,β-unsaturated/α-hetero) is 1. The fourth-order valence-electron chi connectivity index (χ4n) is 2.35. The van der Waals surface area contributed by atoms with Gasteiger partial charge in [0.05, 0.1) is 11.6 Å². The Hall–Kier alpha value is -1.66.